The molecule has 0 aromatic heterocycles. The van der Waals surface area contributed by atoms with Gasteiger partial charge in [0.2, 0.25) is 20.0 Å². The summed E-state index contributed by atoms with van der Waals surface area (Å²) in [5, 5.41) is 3.17. The van der Waals surface area contributed by atoms with Gasteiger partial charge in [0.25, 0.3) is 0 Å². The highest BCUT2D eigenvalue weighted by Gasteiger charge is 2.22. The van der Waals surface area contributed by atoms with Gasteiger partial charge in [-0.15, -0.1) is 0 Å². The highest BCUT2D eigenvalue weighted by molar-refractivity contribution is 7.90. The summed E-state index contributed by atoms with van der Waals surface area (Å²) in [5.74, 6) is -0.296. The summed E-state index contributed by atoms with van der Waals surface area (Å²) < 4.78 is 51.7. The van der Waals surface area contributed by atoms with Crippen molar-refractivity contribution in [2.24, 2.45) is 0 Å². The summed E-state index contributed by atoms with van der Waals surface area (Å²) in [5.41, 5.74) is 1.58. The normalized spacial score (nSPS) is 15.3. The minimum absolute atomic E-state index is 0.164. The summed E-state index contributed by atoms with van der Waals surface area (Å²) in [6.07, 6.45) is 1.56. The van der Waals surface area contributed by atoms with Crippen molar-refractivity contribution >= 4 is 25.7 Å². The number of rotatable bonds is 6. The van der Waals surface area contributed by atoms with Gasteiger partial charge in [0.1, 0.15) is 0 Å². The van der Waals surface area contributed by atoms with Gasteiger partial charge in [0.05, 0.1) is 10.6 Å². The van der Waals surface area contributed by atoms with Crippen molar-refractivity contribution in [3.05, 3.63) is 23.8 Å². The fraction of sp³-hybridized carbons (Fsp3) is 0.500. The Morgan fingerprint density at radius 1 is 1.24 bits per heavy atom. The van der Waals surface area contributed by atoms with Crippen LogP contribution in [-0.4, -0.2) is 42.7 Å². The van der Waals surface area contributed by atoms with Gasteiger partial charge in [-0.3, -0.25) is 0 Å². The first-order valence-corrected chi connectivity index (χ1v) is 9.76. The molecule has 0 amide bonds. The second-order valence-corrected chi connectivity index (χ2v) is 8.51. The lowest BCUT2D eigenvalue weighted by Crippen LogP contribution is -2.33. The molecule has 0 radical (unpaired) electrons. The van der Waals surface area contributed by atoms with Crippen LogP contribution in [0.3, 0.4) is 0 Å². The van der Waals surface area contributed by atoms with Crippen LogP contribution in [0.1, 0.15) is 12.0 Å². The monoisotopic (exact) mass is 333 g/mol. The third-order valence-electron chi connectivity index (χ3n) is 3.32. The van der Waals surface area contributed by atoms with Gasteiger partial charge in [0.15, 0.2) is 0 Å². The van der Waals surface area contributed by atoms with Gasteiger partial charge in [-0.05, 0) is 37.6 Å². The average Bonchev–Trinajstić information content (AvgIpc) is 2.46. The lowest BCUT2D eigenvalue weighted by Gasteiger charge is -2.21. The quantitative estimate of drug-likeness (QED) is 0.673. The second-order valence-electron chi connectivity index (χ2n) is 4.73. The van der Waals surface area contributed by atoms with E-state index >= 15 is 0 Å². The molecule has 3 N–H and O–H groups in total. The predicted molar refractivity (Wildman–Crippen MR) is 81.3 cm³/mol. The van der Waals surface area contributed by atoms with Crippen molar-refractivity contribution in [1.82, 2.24) is 9.44 Å². The Labute approximate surface area is 125 Å². The van der Waals surface area contributed by atoms with Crippen LogP contribution < -0.4 is 14.8 Å². The van der Waals surface area contributed by atoms with E-state index in [1.54, 1.807) is 12.1 Å². The van der Waals surface area contributed by atoms with Gasteiger partial charge in [0, 0.05) is 18.8 Å². The predicted octanol–water partition coefficient (Wildman–Crippen LogP) is -0.128. The molecule has 0 bridgehead atoms. The van der Waals surface area contributed by atoms with E-state index in [1.807, 2.05) is 6.07 Å². The maximum Gasteiger partial charge on any atom is 0.240 e. The molecule has 118 valence electrons. The Kier molecular flexibility index (Phi) is 4.87. The number of benzene rings is 1. The molecule has 21 heavy (non-hydrogen) atoms. The van der Waals surface area contributed by atoms with Gasteiger partial charge >= 0.3 is 0 Å². The van der Waals surface area contributed by atoms with Crippen molar-refractivity contribution in [2.75, 3.05) is 31.2 Å². The van der Waals surface area contributed by atoms with Gasteiger partial charge in [-0.1, -0.05) is 6.07 Å². The summed E-state index contributed by atoms with van der Waals surface area (Å²) in [6.45, 7) is 0.660. The molecular weight excluding hydrogens is 314 g/mol. The number of nitrogens with one attached hydrogen (secondary N) is 3. The smallest absolute Gasteiger partial charge is 0.240 e. The van der Waals surface area contributed by atoms with Crippen LogP contribution >= 0.6 is 0 Å². The van der Waals surface area contributed by atoms with Crippen molar-refractivity contribution in [3.63, 3.8) is 0 Å². The van der Waals surface area contributed by atoms with E-state index in [9.17, 15) is 16.8 Å². The zero-order chi connectivity index (χ0) is 15.5. The van der Waals surface area contributed by atoms with Crippen LogP contribution in [0.25, 0.3) is 0 Å². The molecule has 9 heteroatoms. The molecule has 0 fully saturated rings. The van der Waals surface area contributed by atoms with Crippen molar-refractivity contribution in [3.8, 4) is 0 Å². The van der Waals surface area contributed by atoms with Crippen molar-refractivity contribution in [2.45, 2.75) is 17.7 Å². The standard InChI is InChI=1S/C12H19N3O4S2/c1-13-20(16,17)9-8-15-21(18,19)12-6-2-5-11-10(12)4-3-7-14-11/h2,5-6,13-15H,3-4,7-9H2,1H3. The van der Waals surface area contributed by atoms with E-state index < -0.39 is 20.0 Å². The van der Waals surface area contributed by atoms with E-state index in [4.69, 9.17) is 0 Å². The van der Waals surface area contributed by atoms with E-state index in [0.717, 1.165) is 24.2 Å². The Morgan fingerprint density at radius 2 is 2.00 bits per heavy atom. The van der Waals surface area contributed by atoms with Crippen LogP contribution in [0.4, 0.5) is 5.69 Å². The molecule has 0 saturated carbocycles. The molecule has 2 rings (SSSR count). The van der Waals surface area contributed by atoms with E-state index in [-0.39, 0.29) is 17.2 Å². The number of hydrogen-bond acceptors (Lipinski definition) is 5. The number of hydrogen-bond donors (Lipinski definition) is 3. The van der Waals surface area contributed by atoms with Gasteiger partial charge in [-0.25, -0.2) is 26.3 Å². The van der Waals surface area contributed by atoms with Crippen LogP contribution in [0.2, 0.25) is 0 Å². The molecule has 1 aliphatic rings. The minimum atomic E-state index is -3.71. The summed E-state index contributed by atoms with van der Waals surface area (Å²) >= 11 is 0. The van der Waals surface area contributed by atoms with E-state index in [2.05, 4.69) is 14.8 Å². The van der Waals surface area contributed by atoms with Crippen LogP contribution in [0.15, 0.2) is 23.1 Å². The van der Waals surface area contributed by atoms with Crippen molar-refractivity contribution in [1.29, 1.82) is 0 Å². The number of fused-ring (bicyclic) bond motifs is 1. The zero-order valence-electron chi connectivity index (χ0n) is 11.7. The zero-order valence-corrected chi connectivity index (χ0v) is 13.4. The van der Waals surface area contributed by atoms with Crippen molar-refractivity contribution < 1.29 is 16.8 Å². The highest BCUT2D eigenvalue weighted by atomic mass is 32.2. The van der Waals surface area contributed by atoms with Crippen LogP contribution in [-0.2, 0) is 26.5 Å². The molecule has 0 saturated heterocycles. The summed E-state index contributed by atoms with van der Waals surface area (Å²) in [7, 11) is -5.85. The topological polar surface area (TPSA) is 104 Å². The van der Waals surface area contributed by atoms with Gasteiger partial charge < -0.3 is 5.32 Å². The molecule has 0 aliphatic carbocycles. The molecule has 1 heterocycles. The maximum absolute atomic E-state index is 12.3. The van der Waals surface area contributed by atoms with E-state index in [1.165, 1.54) is 7.05 Å². The minimum Gasteiger partial charge on any atom is -0.385 e. The second kappa shape index (κ2) is 6.30. The Morgan fingerprint density at radius 3 is 2.71 bits per heavy atom. The van der Waals surface area contributed by atoms with Crippen LogP contribution in [0.5, 0.6) is 0 Å². The fourth-order valence-corrected chi connectivity index (χ4v) is 4.24. The third-order valence-corrected chi connectivity index (χ3v) is 6.22. The summed E-state index contributed by atoms with van der Waals surface area (Å²) in [6, 6.07) is 5.07. The molecule has 1 aromatic rings. The van der Waals surface area contributed by atoms with Crippen LogP contribution in [0, 0.1) is 0 Å². The molecule has 1 aromatic carbocycles. The molecule has 7 nitrogen and oxygen atoms in total. The molecule has 0 spiro atoms. The largest absolute Gasteiger partial charge is 0.385 e. The maximum atomic E-state index is 12.3. The third kappa shape index (κ3) is 3.94. The lowest BCUT2D eigenvalue weighted by molar-refractivity contribution is 0.577. The number of sulfonamides is 2. The fourth-order valence-electron chi connectivity index (χ4n) is 2.22. The molecule has 0 atom stereocenters. The molecule has 1 aliphatic heterocycles. The average molecular weight is 333 g/mol. The number of anilines is 1. The SMILES string of the molecule is CNS(=O)(=O)CCNS(=O)(=O)c1cccc2c1CCCN2. The Balaban J connectivity index is 2.17. The van der Waals surface area contributed by atoms with E-state index in [0.29, 0.717) is 6.42 Å². The Hall–Kier alpha value is -1.16. The van der Waals surface area contributed by atoms with Gasteiger partial charge in [-0.2, -0.15) is 0 Å². The first-order chi connectivity index (χ1) is 9.86. The lowest BCUT2D eigenvalue weighted by atomic mass is 10.0. The highest BCUT2D eigenvalue weighted by Crippen LogP contribution is 2.28. The first kappa shape index (κ1) is 16.2. The first-order valence-electron chi connectivity index (χ1n) is 6.62. The molecular formula is C12H19N3O4S2. The summed E-state index contributed by atoms with van der Waals surface area (Å²) in [4.78, 5) is 0.217. The Bertz CT molecular complexity index is 714. The molecule has 0 unspecified atom stereocenters.